The topological polar surface area (TPSA) is 41.6 Å². The van der Waals surface area contributed by atoms with Crippen LogP contribution in [0.1, 0.15) is 16.6 Å². The van der Waals surface area contributed by atoms with Crippen molar-refractivity contribution in [3.63, 3.8) is 0 Å². The Labute approximate surface area is 106 Å². The lowest BCUT2D eigenvalue weighted by Crippen LogP contribution is -2.47. The third-order valence-corrected chi connectivity index (χ3v) is 3.77. The summed E-state index contributed by atoms with van der Waals surface area (Å²) in [5, 5.41) is 4.83. The van der Waals surface area contributed by atoms with Crippen LogP contribution in [0.3, 0.4) is 0 Å². The number of amides is 1. The van der Waals surface area contributed by atoms with Gasteiger partial charge < -0.3 is 10.1 Å². The number of thiophene rings is 1. The first kappa shape index (κ1) is 12.5. The molecule has 1 fully saturated rings. The summed E-state index contributed by atoms with van der Waals surface area (Å²) < 4.78 is 5.62. The van der Waals surface area contributed by atoms with Gasteiger partial charge in [-0.3, -0.25) is 9.69 Å². The number of rotatable bonds is 4. The van der Waals surface area contributed by atoms with Crippen molar-refractivity contribution in [2.24, 2.45) is 0 Å². The number of hydrogen-bond acceptors (Lipinski definition) is 4. The highest BCUT2D eigenvalue weighted by Crippen LogP contribution is 2.08. The van der Waals surface area contributed by atoms with E-state index in [1.165, 1.54) is 11.3 Å². The highest BCUT2D eigenvalue weighted by molar-refractivity contribution is 7.12. The minimum Gasteiger partial charge on any atom is -0.374 e. The molecule has 1 N–H and O–H groups in total. The Morgan fingerprint density at radius 2 is 2.59 bits per heavy atom. The molecule has 0 aromatic carbocycles. The first-order valence-electron chi connectivity index (χ1n) is 5.95. The third kappa shape index (κ3) is 3.52. The van der Waals surface area contributed by atoms with Crippen molar-refractivity contribution in [1.29, 1.82) is 0 Å². The van der Waals surface area contributed by atoms with Gasteiger partial charge >= 0.3 is 0 Å². The molecule has 1 unspecified atom stereocenters. The summed E-state index contributed by atoms with van der Waals surface area (Å²) in [5.74, 6) is -0.00257. The molecular weight excluding hydrogens is 236 g/mol. The van der Waals surface area contributed by atoms with E-state index in [0.717, 1.165) is 31.1 Å². The molecule has 0 bridgehead atoms. The molecule has 1 aliphatic rings. The van der Waals surface area contributed by atoms with Gasteiger partial charge in [-0.2, -0.15) is 0 Å². The highest BCUT2D eigenvalue weighted by Gasteiger charge is 2.19. The second kappa shape index (κ2) is 6.14. The zero-order valence-corrected chi connectivity index (χ0v) is 10.8. The molecule has 5 heteroatoms. The molecule has 1 atom stereocenters. The summed E-state index contributed by atoms with van der Waals surface area (Å²) in [5.41, 5.74) is 0. The molecule has 0 saturated carbocycles. The Balaban J connectivity index is 1.76. The Morgan fingerprint density at radius 3 is 3.29 bits per heavy atom. The number of carbonyl (C=O) groups is 1. The van der Waals surface area contributed by atoms with Crippen molar-refractivity contribution < 1.29 is 9.53 Å². The zero-order chi connectivity index (χ0) is 12.1. The van der Waals surface area contributed by atoms with Gasteiger partial charge in [0.2, 0.25) is 0 Å². The van der Waals surface area contributed by atoms with Gasteiger partial charge in [-0.1, -0.05) is 13.0 Å². The van der Waals surface area contributed by atoms with Crippen LogP contribution in [0, 0.1) is 0 Å². The van der Waals surface area contributed by atoms with Crippen LogP contribution in [0.2, 0.25) is 0 Å². The summed E-state index contributed by atoms with van der Waals surface area (Å²) >= 11 is 1.46. The first-order valence-corrected chi connectivity index (χ1v) is 6.83. The summed E-state index contributed by atoms with van der Waals surface area (Å²) in [6.07, 6.45) is 0.118. The normalized spacial score (nSPS) is 21.4. The van der Waals surface area contributed by atoms with E-state index in [2.05, 4.69) is 17.1 Å². The van der Waals surface area contributed by atoms with Crippen LogP contribution >= 0.6 is 11.3 Å². The number of morpholine rings is 1. The van der Waals surface area contributed by atoms with Gasteiger partial charge in [-0.25, -0.2) is 0 Å². The Kier molecular flexibility index (Phi) is 4.53. The molecule has 2 rings (SSSR count). The fourth-order valence-corrected chi connectivity index (χ4v) is 2.53. The van der Waals surface area contributed by atoms with E-state index in [1.54, 1.807) is 0 Å². The first-order chi connectivity index (χ1) is 8.29. The fraction of sp³-hybridized carbons (Fsp3) is 0.583. The zero-order valence-electron chi connectivity index (χ0n) is 10.0. The summed E-state index contributed by atoms with van der Waals surface area (Å²) in [7, 11) is 0. The van der Waals surface area contributed by atoms with E-state index in [-0.39, 0.29) is 12.0 Å². The standard InChI is InChI=1S/C12H18N2O2S/c1-2-14-5-6-16-10(9-14)8-13-12(15)11-4-3-7-17-11/h3-4,7,10H,2,5-6,8-9H2,1H3,(H,13,15). The minimum atomic E-state index is -0.00257. The van der Waals surface area contributed by atoms with Crippen molar-refractivity contribution in [3.05, 3.63) is 22.4 Å². The second-order valence-corrected chi connectivity index (χ2v) is 5.02. The van der Waals surface area contributed by atoms with E-state index >= 15 is 0 Å². The molecule has 17 heavy (non-hydrogen) atoms. The van der Waals surface area contributed by atoms with Gasteiger partial charge in [0.15, 0.2) is 0 Å². The predicted molar refractivity (Wildman–Crippen MR) is 68.5 cm³/mol. The average Bonchev–Trinajstić information content (AvgIpc) is 2.90. The molecule has 1 aromatic rings. The third-order valence-electron chi connectivity index (χ3n) is 2.91. The molecule has 0 aliphatic carbocycles. The van der Waals surface area contributed by atoms with Crippen LogP contribution < -0.4 is 5.32 Å². The smallest absolute Gasteiger partial charge is 0.261 e. The quantitative estimate of drug-likeness (QED) is 0.878. The summed E-state index contributed by atoms with van der Waals surface area (Å²) in [6.45, 7) is 6.43. The Morgan fingerprint density at radius 1 is 1.71 bits per heavy atom. The van der Waals surface area contributed by atoms with E-state index in [1.807, 2.05) is 17.5 Å². The van der Waals surface area contributed by atoms with Gasteiger partial charge in [-0.05, 0) is 18.0 Å². The number of carbonyl (C=O) groups excluding carboxylic acids is 1. The summed E-state index contributed by atoms with van der Waals surface area (Å²) in [6, 6.07) is 3.72. The molecule has 94 valence electrons. The van der Waals surface area contributed by atoms with Gasteiger partial charge in [0.05, 0.1) is 17.6 Å². The maximum atomic E-state index is 11.7. The predicted octanol–water partition coefficient (Wildman–Crippen LogP) is 1.20. The van der Waals surface area contributed by atoms with Crippen LogP contribution in [-0.4, -0.2) is 49.7 Å². The van der Waals surface area contributed by atoms with Crippen molar-refractivity contribution in [3.8, 4) is 0 Å². The lowest BCUT2D eigenvalue weighted by molar-refractivity contribution is -0.0245. The van der Waals surface area contributed by atoms with Crippen LogP contribution in [-0.2, 0) is 4.74 Å². The van der Waals surface area contributed by atoms with Gasteiger partial charge in [0, 0.05) is 19.6 Å². The van der Waals surface area contributed by atoms with E-state index < -0.39 is 0 Å². The molecule has 4 nitrogen and oxygen atoms in total. The largest absolute Gasteiger partial charge is 0.374 e. The molecule has 2 heterocycles. The van der Waals surface area contributed by atoms with Crippen molar-refractivity contribution in [1.82, 2.24) is 10.2 Å². The molecule has 1 saturated heterocycles. The summed E-state index contributed by atoms with van der Waals surface area (Å²) in [4.78, 5) is 14.8. The molecule has 1 aromatic heterocycles. The number of ether oxygens (including phenoxy) is 1. The maximum absolute atomic E-state index is 11.7. The molecule has 1 amide bonds. The van der Waals surface area contributed by atoms with Crippen LogP contribution in [0.25, 0.3) is 0 Å². The van der Waals surface area contributed by atoms with Crippen molar-refractivity contribution >= 4 is 17.2 Å². The van der Waals surface area contributed by atoms with Gasteiger partial charge in [-0.15, -0.1) is 11.3 Å². The second-order valence-electron chi connectivity index (χ2n) is 4.07. The van der Waals surface area contributed by atoms with E-state index in [4.69, 9.17) is 4.74 Å². The SMILES string of the molecule is CCN1CCOC(CNC(=O)c2cccs2)C1. The number of likely N-dealkylation sites (N-methyl/N-ethyl adjacent to an activating group) is 1. The van der Waals surface area contributed by atoms with Crippen LogP contribution in [0.4, 0.5) is 0 Å². The molecule has 0 radical (unpaired) electrons. The van der Waals surface area contributed by atoms with E-state index in [0.29, 0.717) is 6.54 Å². The van der Waals surface area contributed by atoms with Crippen molar-refractivity contribution in [2.75, 3.05) is 32.8 Å². The average molecular weight is 254 g/mol. The van der Waals surface area contributed by atoms with Crippen molar-refractivity contribution in [2.45, 2.75) is 13.0 Å². The number of nitrogens with one attached hydrogen (secondary N) is 1. The monoisotopic (exact) mass is 254 g/mol. The molecule has 1 aliphatic heterocycles. The Hall–Kier alpha value is -0.910. The Bertz CT molecular complexity index is 353. The fourth-order valence-electron chi connectivity index (χ4n) is 1.89. The lowest BCUT2D eigenvalue weighted by Gasteiger charge is -2.32. The van der Waals surface area contributed by atoms with Gasteiger partial charge in [0.25, 0.3) is 5.91 Å². The number of nitrogens with zero attached hydrogens (tertiary/aromatic N) is 1. The van der Waals surface area contributed by atoms with Gasteiger partial charge in [0.1, 0.15) is 0 Å². The highest BCUT2D eigenvalue weighted by atomic mass is 32.1. The lowest BCUT2D eigenvalue weighted by atomic mass is 10.2. The number of hydrogen-bond donors (Lipinski definition) is 1. The van der Waals surface area contributed by atoms with Crippen LogP contribution in [0.5, 0.6) is 0 Å². The maximum Gasteiger partial charge on any atom is 0.261 e. The van der Waals surface area contributed by atoms with E-state index in [9.17, 15) is 4.79 Å². The molecule has 0 spiro atoms. The van der Waals surface area contributed by atoms with Crippen LogP contribution in [0.15, 0.2) is 17.5 Å². The molecular formula is C12H18N2O2S. The minimum absolute atomic E-state index is 0.00257.